The summed E-state index contributed by atoms with van der Waals surface area (Å²) in [4.78, 5) is 6.13. The van der Waals surface area contributed by atoms with Gasteiger partial charge in [-0.15, -0.1) is 0 Å². The second-order valence-electron chi connectivity index (χ2n) is 3.70. The van der Waals surface area contributed by atoms with Crippen molar-refractivity contribution in [3.05, 3.63) is 18.5 Å². The number of rotatable bonds is 7. The van der Waals surface area contributed by atoms with Crippen molar-refractivity contribution in [2.45, 2.75) is 13.8 Å². The molecule has 0 saturated heterocycles. The molecule has 0 aromatic carbocycles. The largest absolute Gasteiger partial charge is 0.491 e. The molecule has 17 heavy (non-hydrogen) atoms. The second kappa shape index (κ2) is 7.27. The van der Waals surface area contributed by atoms with Gasteiger partial charge in [-0.1, -0.05) is 13.8 Å². The summed E-state index contributed by atoms with van der Waals surface area (Å²) in [5.74, 6) is 0.558. The zero-order valence-corrected chi connectivity index (χ0v) is 10.3. The summed E-state index contributed by atoms with van der Waals surface area (Å²) >= 11 is 0. The molecular formula is C11H19BN2O3. The fourth-order valence-electron chi connectivity index (χ4n) is 1.49. The zero-order chi connectivity index (χ0) is 12.7. The number of aromatic nitrogens is 1. The van der Waals surface area contributed by atoms with Crippen molar-refractivity contribution >= 4 is 12.6 Å². The van der Waals surface area contributed by atoms with Gasteiger partial charge in [0.2, 0.25) is 0 Å². The molecule has 0 unspecified atom stereocenters. The molecule has 0 bridgehead atoms. The Morgan fingerprint density at radius 3 is 2.59 bits per heavy atom. The molecule has 1 heterocycles. The van der Waals surface area contributed by atoms with Crippen LogP contribution >= 0.6 is 0 Å². The third-order valence-electron chi connectivity index (χ3n) is 2.60. The molecule has 6 heteroatoms. The van der Waals surface area contributed by atoms with Gasteiger partial charge in [0, 0.05) is 18.2 Å². The smallest absolute Gasteiger partial charge is 0.490 e. The third kappa shape index (κ3) is 4.72. The van der Waals surface area contributed by atoms with E-state index in [4.69, 9.17) is 14.8 Å². The van der Waals surface area contributed by atoms with Crippen LogP contribution in [0.25, 0.3) is 0 Å². The molecule has 0 atom stereocenters. The van der Waals surface area contributed by atoms with Crippen molar-refractivity contribution in [2.24, 2.45) is 0 Å². The third-order valence-corrected chi connectivity index (χ3v) is 2.60. The SMILES string of the molecule is CCN(CC)CCOc1cncc(B(O)O)c1. The van der Waals surface area contributed by atoms with E-state index < -0.39 is 7.12 Å². The Morgan fingerprint density at radius 1 is 1.29 bits per heavy atom. The minimum absolute atomic E-state index is 0.338. The summed E-state index contributed by atoms with van der Waals surface area (Å²) in [6.45, 7) is 7.61. The Morgan fingerprint density at radius 2 is 2.00 bits per heavy atom. The Balaban J connectivity index is 2.43. The van der Waals surface area contributed by atoms with Crippen molar-refractivity contribution < 1.29 is 14.8 Å². The minimum Gasteiger partial charge on any atom is -0.491 e. The molecule has 2 N–H and O–H groups in total. The Kier molecular flexibility index (Phi) is 5.97. The summed E-state index contributed by atoms with van der Waals surface area (Å²) in [6, 6.07) is 1.58. The highest BCUT2D eigenvalue weighted by molar-refractivity contribution is 6.58. The fraction of sp³-hybridized carbons (Fsp3) is 0.545. The minimum atomic E-state index is -1.51. The van der Waals surface area contributed by atoms with Gasteiger partial charge in [0.15, 0.2) is 0 Å². The summed E-state index contributed by atoms with van der Waals surface area (Å²) in [7, 11) is -1.51. The van der Waals surface area contributed by atoms with Gasteiger partial charge in [-0.2, -0.15) is 0 Å². The van der Waals surface area contributed by atoms with Gasteiger partial charge in [0.25, 0.3) is 0 Å². The molecule has 0 fully saturated rings. The van der Waals surface area contributed by atoms with Crippen LogP contribution in [0.15, 0.2) is 18.5 Å². The summed E-state index contributed by atoms with van der Waals surface area (Å²) in [6.07, 6.45) is 2.97. The van der Waals surface area contributed by atoms with Crippen LogP contribution in [0.4, 0.5) is 0 Å². The first-order valence-electron chi connectivity index (χ1n) is 5.83. The summed E-state index contributed by atoms with van der Waals surface area (Å²) in [5, 5.41) is 18.0. The Labute approximate surface area is 102 Å². The van der Waals surface area contributed by atoms with Gasteiger partial charge in [-0.25, -0.2) is 0 Å². The van der Waals surface area contributed by atoms with Crippen LogP contribution in [0.3, 0.4) is 0 Å². The van der Waals surface area contributed by atoms with Crippen molar-refractivity contribution in [3.63, 3.8) is 0 Å². The lowest BCUT2D eigenvalue weighted by Gasteiger charge is -2.18. The highest BCUT2D eigenvalue weighted by Gasteiger charge is 2.11. The van der Waals surface area contributed by atoms with E-state index in [2.05, 4.69) is 23.7 Å². The standard InChI is InChI=1S/C11H19BN2O3/c1-3-14(4-2)5-6-17-11-7-10(12(15)16)8-13-9-11/h7-9,15-16H,3-6H2,1-2H3. The quantitative estimate of drug-likeness (QED) is 0.626. The van der Waals surface area contributed by atoms with E-state index in [0.29, 0.717) is 17.8 Å². The van der Waals surface area contributed by atoms with Gasteiger partial charge in [-0.05, 0) is 19.2 Å². The molecule has 1 aromatic rings. The highest BCUT2D eigenvalue weighted by Crippen LogP contribution is 2.05. The molecule has 0 saturated carbocycles. The van der Waals surface area contributed by atoms with Crippen LogP contribution in [0.1, 0.15) is 13.8 Å². The van der Waals surface area contributed by atoms with Crippen LogP contribution in [-0.4, -0.2) is 53.3 Å². The van der Waals surface area contributed by atoms with Crippen molar-refractivity contribution in [1.29, 1.82) is 0 Å². The first kappa shape index (κ1) is 14.0. The summed E-state index contributed by atoms with van der Waals surface area (Å²) in [5.41, 5.74) is 0.338. The van der Waals surface area contributed by atoms with Crippen molar-refractivity contribution in [2.75, 3.05) is 26.2 Å². The Hall–Kier alpha value is -1.11. The topological polar surface area (TPSA) is 65.8 Å². The number of hydrogen-bond donors (Lipinski definition) is 2. The van der Waals surface area contributed by atoms with Crippen LogP contribution in [0.5, 0.6) is 5.75 Å². The molecule has 0 aliphatic carbocycles. The maximum absolute atomic E-state index is 8.99. The van der Waals surface area contributed by atoms with Crippen LogP contribution in [0, 0.1) is 0 Å². The van der Waals surface area contributed by atoms with E-state index in [-0.39, 0.29) is 0 Å². The van der Waals surface area contributed by atoms with E-state index >= 15 is 0 Å². The van der Waals surface area contributed by atoms with E-state index in [1.807, 2.05) is 0 Å². The van der Waals surface area contributed by atoms with Crippen LogP contribution in [-0.2, 0) is 0 Å². The molecule has 94 valence electrons. The Bertz CT molecular complexity index is 332. The molecule has 0 spiro atoms. The molecule has 0 aliphatic rings. The van der Waals surface area contributed by atoms with Crippen LogP contribution < -0.4 is 10.2 Å². The second-order valence-corrected chi connectivity index (χ2v) is 3.70. The predicted molar refractivity (Wildman–Crippen MR) is 67.3 cm³/mol. The van der Waals surface area contributed by atoms with Gasteiger partial charge < -0.3 is 19.7 Å². The molecule has 0 amide bonds. The van der Waals surface area contributed by atoms with Crippen molar-refractivity contribution in [3.8, 4) is 5.75 Å². The number of hydrogen-bond acceptors (Lipinski definition) is 5. The van der Waals surface area contributed by atoms with E-state index in [0.717, 1.165) is 19.6 Å². The predicted octanol–water partition coefficient (Wildman–Crippen LogP) is -0.518. The number of pyridine rings is 1. The first-order chi connectivity index (χ1) is 8.17. The van der Waals surface area contributed by atoms with Gasteiger partial charge in [0.1, 0.15) is 12.4 Å². The van der Waals surface area contributed by atoms with Gasteiger partial charge >= 0.3 is 7.12 Å². The maximum Gasteiger partial charge on any atom is 0.490 e. The first-order valence-corrected chi connectivity index (χ1v) is 5.83. The molecule has 1 rings (SSSR count). The summed E-state index contributed by atoms with van der Waals surface area (Å²) < 4.78 is 5.50. The fourth-order valence-corrected chi connectivity index (χ4v) is 1.49. The lowest BCUT2D eigenvalue weighted by Crippen LogP contribution is -2.30. The normalized spacial score (nSPS) is 10.6. The molecular weight excluding hydrogens is 219 g/mol. The highest BCUT2D eigenvalue weighted by atomic mass is 16.5. The number of ether oxygens (including phenoxy) is 1. The average Bonchev–Trinajstić information content (AvgIpc) is 2.35. The maximum atomic E-state index is 8.99. The lowest BCUT2D eigenvalue weighted by molar-refractivity contribution is 0.222. The number of nitrogens with zero attached hydrogens (tertiary/aromatic N) is 2. The van der Waals surface area contributed by atoms with E-state index in [1.165, 1.54) is 6.20 Å². The average molecular weight is 238 g/mol. The number of likely N-dealkylation sites (N-methyl/N-ethyl adjacent to an activating group) is 1. The monoisotopic (exact) mass is 238 g/mol. The van der Waals surface area contributed by atoms with Gasteiger partial charge in [0.05, 0.1) is 6.20 Å². The molecule has 1 aromatic heterocycles. The molecule has 5 nitrogen and oxygen atoms in total. The van der Waals surface area contributed by atoms with E-state index in [9.17, 15) is 0 Å². The van der Waals surface area contributed by atoms with Gasteiger partial charge in [-0.3, -0.25) is 4.98 Å². The van der Waals surface area contributed by atoms with Crippen molar-refractivity contribution in [1.82, 2.24) is 9.88 Å². The molecule has 0 radical (unpaired) electrons. The zero-order valence-electron chi connectivity index (χ0n) is 10.3. The van der Waals surface area contributed by atoms with Crippen LogP contribution in [0.2, 0.25) is 0 Å². The lowest BCUT2D eigenvalue weighted by atomic mass is 9.82. The molecule has 0 aliphatic heterocycles. The van der Waals surface area contributed by atoms with E-state index in [1.54, 1.807) is 12.3 Å².